The van der Waals surface area contributed by atoms with Crippen LogP contribution in [0.1, 0.15) is 11.3 Å². The van der Waals surface area contributed by atoms with Crippen LogP contribution in [-0.4, -0.2) is 9.97 Å². The van der Waals surface area contributed by atoms with Gasteiger partial charge in [0.25, 0.3) is 0 Å². The van der Waals surface area contributed by atoms with Gasteiger partial charge in [-0.25, -0.2) is 0 Å². The second-order valence-corrected chi connectivity index (χ2v) is 4.24. The highest BCUT2D eigenvalue weighted by Crippen LogP contribution is 2.19. The SMILES string of the molecule is Nc1ccnc(Cc2ccnc3ccccc23)c1. The zero-order chi connectivity index (χ0) is 12.4. The highest BCUT2D eigenvalue weighted by Gasteiger charge is 2.03. The second kappa shape index (κ2) is 4.45. The van der Waals surface area contributed by atoms with Gasteiger partial charge < -0.3 is 5.73 Å². The Balaban J connectivity index is 2.05. The summed E-state index contributed by atoms with van der Waals surface area (Å²) in [6.45, 7) is 0. The van der Waals surface area contributed by atoms with Crippen molar-refractivity contribution in [3.05, 3.63) is 66.1 Å². The fourth-order valence-corrected chi connectivity index (χ4v) is 2.10. The van der Waals surface area contributed by atoms with Crippen molar-refractivity contribution in [2.75, 3.05) is 5.73 Å². The van der Waals surface area contributed by atoms with Gasteiger partial charge in [0.2, 0.25) is 0 Å². The highest BCUT2D eigenvalue weighted by atomic mass is 14.7. The van der Waals surface area contributed by atoms with Crippen LogP contribution >= 0.6 is 0 Å². The molecule has 0 saturated heterocycles. The smallest absolute Gasteiger partial charge is 0.0704 e. The first kappa shape index (κ1) is 10.7. The fraction of sp³-hybridized carbons (Fsp3) is 0.0667. The lowest BCUT2D eigenvalue weighted by molar-refractivity contribution is 1.08. The number of nitrogen functional groups attached to an aromatic ring is 1. The van der Waals surface area contributed by atoms with Gasteiger partial charge in [-0.15, -0.1) is 0 Å². The Morgan fingerprint density at radius 1 is 0.944 bits per heavy atom. The number of anilines is 1. The topological polar surface area (TPSA) is 51.8 Å². The molecule has 0 spiro atoms. The van der Waals surface area contributed by atoms with Gasteiger partial charge in [-0.05, 0) is 29.8 Å². The molecule has 0 atom stereocenters. The van der Waals surface area contributed by atoms with E-state index in [1.807, 2.05) is 36.5 Å². The quantitative estimate of drug-likeness (QED) is 0.743. The minimum Gasteiger partial charge on any atom is -0.399 e. The molecular formula is C15H13N3. The van der Waals surface area contributed by atoms with E-state index in [-0.39, 0.29) is 0 Å². The van der Waals surface area contributed by atoms with E-state index >= 15 is 0 Å². The van der Waals surface area contributed by atoms with Crippen molar-refractivity contribution in [2.24, 2.45) is 0 Å². The second-order valence-electron chi connectivity index (χ2n) is 4.24. The number of para-hydroxylation sites is 1. The molecule has 0 radical (unpaired) electrons. The minimum atomic E-state index is 0.748. The number of pyridine rings is 2. The van der Waals surface area contributed by atoms with E-state index < -0.39 is 0 Å². The summed E-state index contributed by atoms with van der Waals surface area (Å²) in [4.78, 5) is 8.70. The molecule has 0 amide bonds. The largest absolute Gasteiger partial charge is 0.399 e. The van der Waals surface area contributed by atoms with Crippen molar-refractivity contribution in [1.82, 2.24) is 9.97 Å². The van der Waals surface area contributed by atoms with Gasteiger partial charge in [-0.3, -0.25) is 9.97 Å². The normalized spacial score (nSPS) is 10.7. The third-order valence-electron chi connectivity index (χ3n) is 2.95. The summed E-state index contributed by atoms with van der Waals surface area (Å²) in [5.74, 6) is 0. The molecule has 3 nitrogen and oxygen atoms in total. The molecule has 2 N–H and O–H groups in total. The molecule has 0 bridgehead atoms. The minimum absolute atomic E-state index is 0.748. The van der Waals surface area contributed by atoms with E-state index in [1.54, 1.807) is 12.3 Å². The van der Waals surface area contributed by atoms with Crippen molar-refractivity contribution in [3.63, 3.8) is 0 Å². The Morgan fingerprint density at radius 2 is 1.78 bits per heavy atom. The molecule has 0 aliphatic heterocycles. The predicted molar refractivity (Wildman–Crippen MR) is 73.2 cm³/mol. The summed E-state index contributed by atoms with van der Waals surface area (Å²) in [5, 5.41) is 1.17. The van der Waals surface area contributed by atoms with E-state index in [4.69, 9.17) is 5.73 Å². The van der Waals surface area contributed by atoms with Crippen LogP contribution in [0.5, 0.6) is 0 Å². The van der Waals surface area contributed by atoms with E-state index in [1.165, 1.54) is 10.9 Å². The summed E-state index contributed by atoms with van der Waals surface area (Å²) in [7, 11) is 0. The molecule has 3 aromatic rings. The molecule has 2 heterocycles. The maximum absolute atomic E-state index is 5.77. The van der Waals surface area contributed by atoms with Crippen molar-refractivity contribution >= 4 is 16.6 Å². The monoisotopic (exact) mass is 235 g/mol. The number of nitrogens with two attached hydrogens (primary N) is 1. The van der Waals surface area contributed by atoms with Crippen molar-refractivity contribution in [1.29, 1.82) is 0 Å². The number of rotatable bonds is 2. The molecule has 1 aromatic carbocycles. The molecule has 0 aliphatic rings. The van der Waals surface area contributed by atoms with Gasteiger partial charge in [0.1, 0.15) is 0 Å². The Morgan fingerprint density at radius 3 is 2.67 bits per heavy atom. The lowest BCUT2D eigenvalue weighted by Crippen LogP contribution is -1.95. The standard InChI is InChI=1S/C15H13N3/c16-12-6-8-17-13(10-12)9-11-5-7-18-15-4-2-1-3-14(11)15/h1-8,10H,9H2,(H2,16,17). The van der Waals surface area contributed by atoms with Crippen LogP contribution in [0.25, 0.3) is 10.9 Å². The first-order chi connectivity index (χ1) is 8.83. The molecule has 0 saturated carbocycles. The molecule has 3 heteroatoms. The van der Waals surface area contributed by atoms with Crippen LogP contribution in [0, 0.1) is 0 Å². The first-order valence-electron chi connectivity index (χ1n) is 5.86. The molecule has 0 fully saturated rings. The van der Waals surface area contributed by atoms with Gasteiger partial charge in [-0.1, -0.05) is 18.2 Å². The van der Waals surface area contributed by atoms with Crippen molar-refractivity contribution in [3.8, 4) is 0 Å². The van der Waals surface area contributed by atoms with Gasteiger partial charge in [0, 0.05) is 35.6 Å². The fourth-order valence-electron chi connectivity index (χ4n) is 2.10. The number of benzene rings is 1. The average Bonchev–Trinajstić information content (AvgIpc) is 2.39. The lowest BCUT2D eigenvalue weighted by atomic mass is 10.0. The third-order valence-corrected chi connectivity index (χ3v) is 2.95. The Kier molecular flexibility index (Phi) is 2.65. The third kappa shape index (κ3) is 2.02. The van der Waals surface area contributed by atoms with E-state index in [0.29, 0.717) is 0 Å². The Labute approximate surface area is 105 Å². The molecule has 2 aromatic heterocycles. The van der Waals surface area contributed by atoms with Crippen LogP contribution in [-0.2, 0) is 6.42 Å². The summed E-state index contributed by atoms with van der Waals surface area (Å²) in [6, 6.07) is 13.9. The van der Waals surface area contributed by atoms with Crippen LogP contribution in [0.4, 0.5) is 5.69 Å². The van der Waals surface area contributed by atoms with Gasteiger partial charge in [0.15, 0.2) is 0 Å². The number of fused-ring (bicyclic) bond motifs is 1. The van der Waals surface area contributed by atoms with E-state index in [0.717, 1.165) is 23.3 Å². The zero-order valence-electron chi connectivity index (χ0n) is 9.88. The first-order valence-corrected chi connectivity index (χ1v) is 5.86. The molecular weight excluding hydrogens is 222 g/mol. The maximum atomic E-state index is 5.77. The Hall–Kier alpha value is -2.42. The average molecular weight is 235 g/mol. The van der Waals surface area contributed by atoms with Gasteiger partial charge in [0.05, 0.1) is 5.52 Å². The van der Waals surface area contributed by atoms with Gasteiger partial charge >= 0.3 is 0 Å². The number of nitrogens with zero attached hydrogens (tertiary/aromatic N) is 2. The molecule has 0 aliphatic carbocycles. The number of hydrogen-bond acceptors (Lipinski definition) is 3. The van der Waals surface area contributed by atoms with Crippen LogP contribution in [0.15, 0.2) is 54.9 Å². The maximum Gasteiger partial charge on any atom is 0.0704 e. The van der Waals surface area contributed by atoms with Gasteiger partial charge in [-0.2, -0.15) is 0 Å². The molecule has 0 unspecified atom stereocenters. The highest BCUT2D eigenvalue weighted by molar-refractivity contribution is 5.82. The van der Waals surface area contributed by atoms with E-state index in [9.17, 15) is 0 Å². The molecule has 3 rings (SSSR count). The molecule has 88 valence electrons. The predicted octanol–water partition coefficient (Wildman–Crippen LogP) is 2.80. The van der Waals surface area contributed by atoms with Crippen LogP contribution in [0.2, 0.25) is 0 Å². The summed E-state index contributed by atoms with van der Waals surface area (Å²) >= 11 is 0. The Bertz CT molecular complexity index is 687. The summed E-state index contributed by atoms with van der Waals surface area (Å²) in [6.07, 6.45) is 4.35. The van der Waals surface area contributed by atoms with Crippen LogP contribution in [0.3, 0.4) is 0 Å². The number of aromatic nitrogens is 2. The summed E-state index contributed by atoms with van der Waals surface area (Å²) < 4.78 is 0. The lowest BCUT2D eigenvalue weighted by Gasteiger charge is -2.06. The molecule has 18 heavy (non-hydrogen) atoms. The van der Waals surface area contributed by atoms with Crippen molar-refractivity contribution < 1.29 is 0 Å². The van der Waals surface area contributed by atoms with Crippen LogP contribution < -0.4 is 5.73 Å². The zero-order valence-corrected chi connectivity index (χ0v) is 9.88. The van der Waals surface area contributed by atoms with E-state index in [2.05, 4.69) is 16.0 Å². The summed E-state index contributed by atoms with van der Waals surface area (Å²) in [5.41, 5.74) is 9.73. The number of hydrogen-bond donors (Lipinski definition) is 1. The van der Waals surface area contributed by atoms with Crippen molar-refractivity contribution in [2.45, 2.75) is 6.42 Å².